The van der Waals surface area contributed by atoms with Crippen LogP contribution in [0.2, 0.25) is 0 Å². The van der Waals surface area contributed by atoms with Crippen LogP contribution < -0.4 is 0 Å². The molecule has 4 aromatic rings. The minimum absolute atomic E-state index is 0.478. The Morgan fingerprint density at radius 2 is 1.39 bits per heavy atom. The normalized spacial score (nSPS) is 11.4. The molecule has 3 aromatic carbocycles. The van der Waals surface area contributed by atoms with Gasteiger partial charge in [-0.3, -0.25) is 0 Å². The highest BCUT2D eigenvalue weighted by Crippen LogP contribution is 2.32. The zero-order valence-corrected chi connectivity index (χ0v) is 12.8. The van der Waals surface area contributed by atoms with Crippen LogP contribution in [0.1, 0.15) is 7.20 Å². The summed E-state index contributed by atoms with van der Waals surface area (Å²) >= 11 is 0. The van der Waals surface area contributed by atoms with E-state index in [4.69, 9.17) is 1.37 Å². The minimum atomic E-state index is 0.478. The Balaban J connectivity index is 2.09. The van der Waals surface area contributed by atoms with Gasteiger partial charge >= 0.3 is 0 Å². The number of para-hydroxylation sites is 1. The number of aryl methyl sites for hydroxylation is 1. The lowest BCUT2D eigenvalue weighted by Gasteiger charge is -2.11. The minimum Gasteiger partial charge on any atom is -0.233 e. The molecule has 0 aliphatic rings. The SMILES string of the molecule is [2H]c1ccc2c(-c3ccccc3)nc(C)nc2c1-c1ccccc1. The summed E-state index contributed by atoms with van der Waals surface area (Å²) in [5, 5.41) is 0.974. The second kappa shape index (κ2) is 5.65. The lowest BCUT2D eigenvalue weighted by Crippen LogP contribution is -1.95. The van der Waals surface area contributed by atoms with Crippen molar-refractivity contribution in [3.05, 3.63) is 84.7 Å². The Morgan fingerprint density at radius 1 is 0.739 bits per heavy atom. The van der Waals surface area contributed by atoms with Crippen LogP contribution in [0.4, 0.5) is 0 Å². The third kappa shape index (κ3) is 2.49. The first kappa shape index (κ1) is 12.5. The number of benzene rings is 3. The summed E-state index contributed by atoms with van der Waals surface area (Å²) in [6.07, 6.45) is 0. The molecule has 4 rings (SSSR count). The van der Waals surface area contributed by atoms with Crippen LogP contribution in [0.25, 0.3) is 33.3 Å². The third-order valence-electron chi connectivity index (χ3n) is 3.88. The number of aromatic nitrogens is 2. The van der Waals surface area contributed by atoms with E-state index in [1.807, 2.05) is 67.6 Å². The molecule has 0 N–H and O–H groups in total. The Hall–Kier alpha value is -3.00. The smallest absolute Gasteiger partial charge is 0.126 e. The van der Waals surface area contributed by atoms with Crippen LogP contribution in [-0.2, 0) is 0 Å². The van der Waals surface area contributed by atoms with Gasteiger partial charge in [0.25, 0.3) is 0 Å². The Kier molecular flexibility index (Phi) is 3.08. The summed E-state index contributed by atoms with van der Waals surface area (Å²) in [5.74, 6) is 0.712. The Bertz CT molecular complexity index is 1010. The van der Waals surface area contributed by atoms with Gasteiger partial charge in [0, 0.05) is 16.5 Å². The lowest BCUT2D eigenvalue weighted by molar-refractivity contribution is 1.10. The third-order valence-corrected chi connectivity index (χ3v) is 3.88. The highest BCUT2D eigenvalue weighted by Gasteiger charge is 2.11. The number of hydrogen-bond acceptors (Lipinski definition) is 2. The molecular weight excluding hydrogens is 280 g/mol. The fourth-order valence-corrected chi connectivity index (χ4v) is 2.85. The van der Waals surface area contributed by atoms with Crippen LogP contribution in [-0.4, -0.2) is 9.97 Å². The van der Waals surface area contributed by atoms with Crippen LogP contribution in [0, 0.1) is 6.92 Å². The van der Waals surface area contributed by atoms with E-state index in [1.54, 1.807) is 0 Å². The van der Waals surface area contributed by atoms with E-state index in [9.17, 15) is 0 Å². The van der Waals surface area contributed by atoms with Crippen molar-refractivity contribution >= 4 is 10.9 Å². The van der Waals surface area contributed by atoms with E-state index >= 15 is 0 Å². The monoisotopic (exact) mass is 297 g/mol. The quantitative estimate of drug-likeness (QED) is 0.503. The summed E-state index contributed by atoms with van der Waals surface area (Å²) in [6.45, 7) is 1.90. The molecule has 0 bridgehead atoms. The first-order valence-electron chi connectivity index (χ1n) is 8.13. The van der Waals surface area contributed by atoms with Crippen molar-refractivity contribution in [2.45, 2.75) is 6.92 Å². The second-order valence-corrected chi connectivity index (χ2v) is 5.47. The average Bonchev–Trinajstić information content (AvgIpc) is 2.62. The van der Waals surface area contributed by atoms with Crippen LogP contribution in [0.5, 0.6) is 0 Å². The molecule has 0 spiro atoms. The largest absolute Gasteiger partial charge is 0.233 e. The molecule has 1 heterocycles. The summed E-state index contributed by atoms with van der Waals surface area (Å²) in [7, 11) is 0. The van der Waals surface area contributed by atoms with Gasteiger partial charge in [0.15, 0.2) is 0 Å². The zero-order valence-electron chi connectivity index (χ0n) is 13.8. The van der Waals surface area contributed by atoms with Crippen LogP contribution >= 0.6 is 0 Å². The van der Waals surface area contributed by atoms with Crippen molar-refractivity contribution in [3.8, 4) is 22.4 Å². The molecule has 110 valence electrons. The molecule has 0 unspecified atom stereocenters. The molecule has 0 aliphatic heterocycles. The standard InChI is InChI=1S/C21H16N2/c1-15-22-20(17-11-6-3-7-12-17)19-14-8-13-18(21(19)23-15)16-9-4-2-5-10-16/h2-14H,1H3/i13D. The molecule has 23 heavy (non-hydrogen) atoms. The van der Waals surface area contributed by atoms with Crippen LogP contribution in [0.3, 0.4) is 0 Å². The van der Waals surface area contributed by atoms with Gasteiger partial charge in [0.05, 0.1) is 12.6 Å². The molecule has 2 nitrogen and oxygen atoms in total. The zero-order chi connectivity index (χ0) is 16.5. The predicted octanol–water partition coefficient (Wildman–Crippen LogP) is 5.27. The summed E-state index contributed by atoms with van der Waals surface area (Å²) in [4.78, 5) is 9.33. The average molecular weight is 297 g/mol. The van der Waals surface area contributed by atoms with E-state index in [0.29, 0.717) is 11.9 Å². The van der Waals surface area contributed by atoms with Crippen molar-refractivity contribution in [1.82, 2.24) is 9.97 Å². The molecule has 0 saturated carbocycles. The van der Waals surface area contributed by atoms with Gasteiger partial charge in [-0.05, 0) is 12.5 Å². The Morgan fingerprint density at radius 3 is 2.09 bits per heavy atom. The van der Waals surface area contributed by atoms with Crippen molar-refractivity contribution in [2.75, 3.05) is 0 Å². The fourth-order valence-electron chi connectivity index (χ4n) is 2.85. The van der Waals surface area contributed by atoms with E-state index in [2.05, 4.69) is 22.1 Å². The van der Waals surface area contributed by atoms with Crippen molar-refractivity contribution < 1.29 is 1.37 Å². The number of fused-ring (bicyclic) bond motifs is 1. The predicted molar refractivity (Wildman–Crippen MR) is 95.1 cm³/mol. The summed E-state index contributed by atoms with van der Waals surface area (Å²) in [5.41, 5.74) is 4.67. The first-order valence-corrected chi connectivity index (χ1v) is 7.63. The van der Waals surface area contributed by atoms with Gasteiger partial charge in [-0.25, -0.2) is 9.97 Å². The number of rotatable bonds is 2. The lowest BCUT2D eigenvalue weighted by atomic mass is 9.99. The molecular formula is C21H16N2. The molecule has 0 fully saturated rings. The summed E-state index contributed by atoms with van der Waals surface area (Å²) in [6, 6.07) is 24.4. The first-order chi connectivity index (χ1) is 11.7. The second-order valence-electron chi connectivity index (χ2n) is 5.47. The molecule has 0 saturated heterocycles. The van der Waals surface area contributed by atoms with E-state index in [1.165, 1.54) is 0 Å². The molecule has 0 radical (unpaired) electrons. The van der Waals surface area contributed by atoms with E-state index in [0.717, 1.165) is 33.3 Å². The molecule has 1 aromatic heterocycles. The van der Waals surface area contributed by atoms with Crippen molar-refractivity contribution in [3.63, 3.8) is 0 Å². The van der Waals surface area contributed by atoms with Gasteiger partial charge in [0.2, 0.25) is 0 Å². The van der Waals surface area contributed by atoms with Gasteiger partial charge in [-0.2, -0.15) is 0 Å². The highest BCUT2D eigenvalue weighted by molar-refractivity contribution is 6.00. The number of hydrogen-bond donors (Lipinski definition) is 0. The van der Waals surface area contributed by atoms with E-state index in [-0.39, 0.29) is 0 Å². The molecule has 2 heteroatoms. The van der Waals surface area contributed by atoms with Crippen molar-refractivity contribution in [1.29, 1.82) is 0 Å². The maximum Gasteiger partial charge on any atom is 0.126 e. The molecule has 0 amide bonds. The highest BCUT2D eigenvalue weighted by atomic mass is 14.9. The number of nitrogens with zero attached hydrogens (tertiary/aromatic N) is 2. The summed E-state index contributed by atoms with van der Waals surface area (Å²) < 4.78 is 8.38. The van der Waals surface area contributed by atoms with Crippen molar-refractivity contribution in [2.24, 2.45) is 0 Å². The van der Waals surface area contributed by atoms with Gasteiger partial charge in [0.1, 0.15) is 5.82 Å². The molecule has 0 atom stereocenters. The maximum atomic E-state index is 8.38. The topological polar surface area (TPSA) is 25.8 Å². The van der Waals surface area contributed by atoms with Gasteiger partial charge in [-0.15, -0.1) is 0 Å². The molecule has 0 aliphatic carbocycles. The van der Waals surface area contributed by atoms with Gasteiger partial charge in [-0.1, -0.05) is 78.8 Å². The Labute approximate surface area is 136 Å². The van der Waals surface area contributed by atoms with E-state index < -0.39 is 0 Å². The van der Waals surface area contributed by atoms with Crippen LogP contribution in [0.15, 0.2) is 78.8 Å². The van der Waals surface area contributed by atoms with Gasteiger partial charge < -0.3 is 0 Å². The maximum absolute atomic E-state index is 8.38. The fraction of sp³-hybridized carbons (Fsp3) is 0.0476.